The van der Waals surface area contributed by atoms with Crippen LogP contribution in [0.2, 0.25) is 0 Å². The summed E-state index contributed by atoms with van der Waals surface area (Å²) in [6.45, 7) is -6.61. The van der Waals surface area contributed by atoms with Gasteiger partial charge in [0.15, 0.2) is 6.61 Å². The molecule has 0 saturated heterocycles. The van der Waals surface area contributed by atoms with Crippen LogP contribution in [0.15, 0.2) is 12.3 Å². The van der Waals surface area contributed by atoms with Gasteiger partial charge in [0, 0.05) is 0 Å². The molecule has 0 N–H and O–H groups in total. The summed E-state index contributed by atoms with van der Waals surface area (Å²) in [6, 6.07) is 0. The highest BCUT2D eigenvalue weighted by molar-refractivity contribution is 4.99. The molecule has 0 aliphatic rings. The second kappa shape index (κ2) is 9.48. The van der Waals surface area contributed by atoms with Gasteiger partial charge in [0.05, 0.1) is 12.9 Å². The molecule has 0 fully saturated rings. The summed E-state index contributed by atoms with van der Waals surface area (Å²) >= 11 is 0. The van der Waals surface area contributed by atoms with Gasteiger partial charge < -0.3 is 9.47 Å². The fourth-order valence-corrected chi connectivity index (χ4v) is 1.46. The van der Waals surface area contributed by atoms with Crippen molar-refractivity contribution in [3.05, 3.63) is 12.3 Å². The molecule has 0 spiro atoms. The summed E-state index contributed by atoms with van der Waals surface area (Å²) in [5.41, 5.74) is 0. The molecule has 2 nitrogen and oxygen atoms in total. The van der Waals surface area contributed by atoms with Gasteiger partial charge in [0.2, 0.25) is 0 Å². The molecule has 0 radical (unpaired) electrons. The molecule has 31 heavy (non-hydrogen) atoms. The summed E-state index contributed by atoms with van der Waals surface area (Å²) < 4.78 is 208. The molecule has 0 atom stereocenters. The Morgan fingerprint density at radius 3 is 1.29 bits per heavy atom. The molecule has 0 aliphatic heterocycles. The van der Waals surface area contributed by atoms with Crippen LogP contribution in [0.1, 0.15) is 0 Å². The Kier molecular flexibility index (Phi) is 8.98. The van der Waals surface area contributed by atoms with E-state index in [9.17, 15) is 70.2 Å². The number of ether oxygens (including phenoxy) is 2. The van der Waals surface area contributed by atoms with Crippen molar-refractivity contribution in [1.29, 1.82) is 0 Å². The molecule has 18 heteroatoms. The van der Waals surface area contributed by atoms with Crippen LogP contribution < -0.4 is 0 Å². The highest BCUT2D eigenvalue weighted by Gasteiger charge is 2.76. The maximum Gasteiger partial charge on any atom is 0.381 e. The first kappa shape index (κ1) is 29.4. The maximum atomic E-state index is 13.0. The van der Waals surface area contributed by atoms with Crippen molar-refractivity contribution in [2.24, 2.45) is 0 Å². The first-order valence-corrected chi connectivity index (χ1v) is 7.27. The molecular formula is C13H10F16O2. The van der Waals surface area contributed by atoms with Crippen molar-refractivity contribution >= 4 is 0 Å². The SMILES string of the molecule is FC(F)C(F)(F)C(F)(F)C(F)(F)COC=CCOCC(F)(F)C(F)(F)C(F)(F)C(F)F. The number of halogens is 16. The molecule has 0 unspecified atom stereocenters. The van der Waals surface area contributed by atoms with E-state index in [1.165, 1.54) is 0 Å². The van der Waals surface area contributed by atoms with Crippen molar-refractivity contribution in [1.82, 2.24) is 0 Å². The van der Waals surface area contributed by atoms with Gasteiger partial charge in [-0.1, -0.05) is 0 Å². The van der Waals surface area contributed by atoms with Gasteiger partial charge in [-0.05, 0) is 6.08 Å². The maximum absolute atomic E-state index is 13.0. The summed E-state index contributed by atoms with van der Waals surface area (Å²) in [5.74, 6) is -37.9. The molecular weight excluding hydrogens is 492 g/mol. The standard InChI is InChI=1S/C13H10F16O2/c14-6(15)10(22,23)12(26,27)8(18,19)4-30-2-1-3-31-5-9(20,21)13(28,29)11(24,25)7(16)17/h1-2,6-7H,3-5H2. The molecule has 0 saturated carbocycles. The lowest BCUT2D eigenvalue weighted by Gasteiger charge is -2.32. The highest BCUT2D eigenvalue weighted by atomic mass is 19.4. The second-order valence-corrected chi connectivity index (χ2v) is 5.60. The van der Waals surface area contributed by atoms with Crippen LogP contribution in [0.25, 0.3) is 0 Å². The monoisotopic (exact) mass is 502 g/mol. The lowest BCUT2D eigenvalue weighted by molar-refractivity contribution is -0.345. The normalized spacial score (nSPS) is 15.4. The molecule has 0 bridgehead atoms. The first-order valence-electron chi connectivity index (χ1n) is 7.27. The number of hydrogen-bond donors (Lipinski definition) is 0. The van der Waals surface area contributed by atoms with Crippen LogP contribution in [0.3, 0.4) is 0 Å². The van der Waals surface area contributed by atoms with Gasteiger partial charge >= 0.3 is 48.4 Å². The average Bonchev–Trinajstić information content (AvgIpc) is 2.59. The zero-order valence-corrected chi connectivity index (χ0v) is 14.3. The van der Waals surface area contributed by atoms with E-state index in [2.05, 4.69) is 9.47 Å². The Hall–Kier alpha value is -1.62. The minimum atomic E-state index is -6.60. The quantitative estimate of drug-likeness (QED) is 0.178. The van der Waals surface area contributed by atoms with Crippen LogP contribution in [0.4, 0.5) is 70.2 Å². The minimum absolute atomic E-state index is 0.117. The smallest absolute Gasteiger partial charge is 0.381 e. The van der Waals surface area contributed by atoms with E-state index in [1.54, 1.807) is 0 Å². The predicted octanol–water partition coefficient (Wildman–Crippen LogP) is 5.88. The number of alkyl halides is 16. The lowest BCUT2D eigenvalue weighted by Crippen LogP contribution is -2.59. The van der Waals surface area contributed by atoms with Gasteiger partial charge in [-0.25, -0.2) is 17.6 Å². The number of rotatable bonds is 13. The molecule has 0 rings (SSSR count). The molecule has 0 aromatic carbocycles. The van der Waals surface area contributed by atoms with E-state index < -0.39 is 68.2 Å². The second-order valence-electron chi connectivity index (χ2n) is 5.60. The molecule has 0 amide bonds. The summed E-state index contributed by atoms with van der Waals surface area (Å²) in [5, 5.41) is 0. The molecule has 0 aromatic rings. The third-order valence-electron chi connectivity index (χ3n) is 3.26. The van der Waals surface area contributed by atoms with Gasteiger partial charge in [0.1, 0.15) is 6.61 Å². The van der Waals surface area contributed by atoms with Crippen LogP contribution in [0.5, 0.6) is 0 Å². The zero-order chi connectivity index (χ0) is 25.1. The summed E-state index contributed by atoms with van der Waals surface area (Å²) in [4.78, 5) is 0. The van der Waals surface area contributed by atoms with E-state index in [1.807, 2.05) is 0 Å². The largest absolute Gasteiger partial charge is 0.495 e. The highest BCUT2D eigenvalue weighted by Crippen LogP contribution is 2.49. The van der Waals surface area contributed by atoms with Crippen LogP contribution >= 0.6 is 0 Å². The van der Waals surface area contributed by atoms with Crippen molar-refractivity contribution in [2.75, 3.05) is 19.8 Å². The summed E-state index contributed by atoms with van der Waals surface area (Å²) in [7, 11) is 0. The fraction of sp³-hybridized carbons (Fsp3) is 0.846. The minimum Gasteiger partial charge on any atom is -0.495 e. The summed E-state index contributed by atoms with van der Waals surface area (Å²) in [6.07, 6.45) is -10.3. The van der Waals surface area contributed by atoms with Gasteiger partial charge in [-0.3, -0.25) is 0 Å². The Balaban J connectivity index is 4.80. The Morgan fingerprint density at radius 1 is 0.581 bits per heavy atom. The Labute approximate surface area is 161 Å². The van der Waals surface area contributed by atoms with Crippen molar-refractivity contribution in [3.8, 4) is 0 Å². The Bertz CT molecular complexity index is 600. The molecule has 0 heterocycles. The van der Waals surface area contributed by atoms with Gasteiger partial charge in [-0.2, -0.15) is 52.7 Å². The third kappa shape index (κ3) is 5.79. The van der Waals surface area contributed by atoms with Crippen molar-refractivity contribution < 1.29 is 79.7 Å². The van der Waals surface area contributed by atoms with Crippen molar-refractivity contribution in [3.63, 3.8) is 0 Å². The fourth-order valence-electron chi connectivity index (χ4n) is 1.46. The first-order chi connectivity index (χ1) is 13.6. The Morgan fingerprint density at radius 2 is 0.935 bits per heavy atom. The van der Waals surface area contributed by atoms with E-state index in [0.717, 1.165) is 0 Å². The molecule has 0 aliphatic carbocycles. The predicted molar refractivity (Wildman–Crippen MR) is 67.6 cm³/mol. The molecule has 186 valence electrons. The van der Waals surface area contributed by atoms with E-state index >= 15 is 0 Å². The van der Waals surface area contributed by atoms with Crippen molar-refractivity contribution in [2.45, 2.75) is 48.4 Å². The number of hydrogen-bond acceptors (Lipinski definition) is 2. The third-order valence-corrected chi connectivity index (χ3v) is 3.26. The van der Waals surface area contributed by atoms with Crippen LogP contribution in [0, 0.1) is 0 Å². The molecule has 0 aromatic heterocycles. The lowest BCUT2D eigenvalue weighted by atomic mass is 10.1. The van der Waals surface area contributed by atoms with Crippen LogP contribution in [-0.4, -0.2) is 68.2 Å². The van der Waals surface area contributed by atoms with E-state index in [-0.39, 0.29) is 12.3 Å². The zero-order valence-electron chi connectivity index (χ0n) is 14.3. The average molecular weight is 502 g/mol. The van der Waals surface area contributed by atoms with Gasteiger partial charge in [0.25, 0.3) is 0 Å². The van der Waals surface area contributed by atoms with E-state index in [4.69, 9.17) is 0 Å². The van der Waals surface area contributed by atoms with Crippen LogP contribution in [-0.2, 0) is 9.47 Å². The topological polar surface area (TPSA) is 18.5 Å². The van der Waals surface area contributed by atoms with E-state index in [0.29, 0.717) is 0 Å². The van der Waals surface area contributed by atoms with Gasteiger partial charge in [-0.15, -0.1) is 0 Å².